The summed E-state index contributed by atoms with van der Waals surface area (Å²) >= 11 is 18.5. The van der Waals surface area contributed by atoms with Gasteiger partial charge in [-0.05, 0) is 23.7 Å². The molecule has 23 heavy (non-hydrogen) atoms. The molecule has 4 nitrogen and oxygen atoms in total. The minimum Gasteiger partial charge on any atom is -0.316 e. The Morgan fingerprint density at radius 1 is 1.04 bits per heavy atom. The lowest BCUT2D eigenvalue weighted by molar-refractivity contribution is -0.137. The highest BCUT2D eigenvalue weighted by molar-refractivity contribution is 7.22. The largest absolute Gasteiger partial charge is 0.421 e. The summed E-state index contributed by atoms with van der Waals surface area (Å²) in [6, 6.07) is 3.11. The zero-order valence-corrected chi connectivity index (χ0v) is 13.8. The molecular formula is C12H4Cl3F3N4S. The molecule has 0 fully saturated rings. The summed E-state index contributed by atoms with van der Waals surface area (Å²) in [6.07, 6.45) is -4.02. The first-order valence-electron chi connectivity index (χ1n) is 5.86. The minimum atomic E-state index is -4.63. The van der Waals surface area contributed by atoms with Crippen LogP contribution in [0.3, 0.4) is 0 Å². The van der Waals surface area contributed by atoms with Crippen molar-refractivity contribution in [1.29, 1.82) is 0 Å². The van der Waals surface area contributed by atoms with E-state index in [1.54, 1.807) is 6.07 Å². The molecule has 0 saturated carbocycles. The minimum absolute atomic E-state index is 0.193. The smallest absolute Gasteiger partial charge is 0.316 e. The second kappa shape index (κ2) is 5.94. The van der Waals surface area contributed by atoms with E-state index in [2.05, 4.69) is 20.3 Å². The topological polar surface area (TPSA) is 50.7 Å². The maximum atomic E-state index is 13.0. The molecule has 1 N–H and O–H groups in total. The molecule has 11 heteroatoms. The van der Waals surface area contributed by atoms with Gasteiger partial charge in [-0.3, -0.25) is 0 Å². The molecule has 0 spiro atoms. The Kier molecular flexibility index (Phi) is 4.26. The van der Waals surface area contributed by atoms with Crippen molar-refractivity contribution in [2.24, 2.45) is 0 Å². The number of aromatic nitrogens is 3. The highest BCUT2D eigenvalue weighted by atomic mass is 35.5. The maximum absolute atomic E-state index is 13.0. The first-order chi connectivity index (χ1) is 10.7. The van der Waals surface area contributed by atoms with Crippen LogP contribution in [0, 0.1) is 0 Å². The van der Waals surface area contributed by atoms with E-state index in [0.717, 1.165) is 11.3 Å². The van der Waals surface area contributed by atoms with E-state index >= 15 is 0 Å². The summed E-state index contributed by atoms with van der Waals surface area (Å²) in [5, 5.41) is 3.03. The summed E-state index contributed by atoms with van der Waals surface area (Å²) in [4.78, 5) is 11.1. The summed E-state index contributed by atoms with van der Waals surface area (Å²) in [6.45, 7) is 0. The second-order valence-electron chi connectivity index (χ2n) is 4.28. The molecule has 3 aromatic rings. The van der Waals surface area contributed by atoms with Gasteiger partial charge in [0.15, 0.2) is 5.13 Å². The molecule has 3 rings (SSSR count). The van der Waals surface area contributed by atoms with Crippen molar-refractivity contribution >= 4 is 67.3 Å². The van der Waals surface area contributed by atoms with Gasteiger partial charge in [-0.1, -0.05) is 34.5 Å². The van der Waals surface area contributed by atoms with Gasteiger partial charge in [-0.2, -0.15) is 18.2 Å². The molecule has 0 aliphatic carbocycles. The molecule has 2 heterocycles. The number of halogens is 6. The van der Waals surface area contributed by atoms with Crippen LogP contribution in [0.4, 0.5) is 24.1 Å². The standard InChI is InChI=1S/C12H4Cl3F3N4S/c13-5-1-7-8(2-6(5)14)23-11(20-7)22-9-4(12(16,17)18)3-19-10(15)21-9/h1-3H,(H,19,20,21,22). The second-order valence-corrected chi connectivity index (χ2v) is 6.46. The van der Waals surface area contributed by atoms with Crippen molar-refractivity contribution < 1.29 is 13.2 Å². The van der Waals surface area contributed by atoms with E-state index in [1.165, 1.54) is 6.07 Å². The number of thiazole rings is 1. The van der Waals surface area contributed by atoms with Crippen LogP contribution in [0.2, 0.25) is 15.3 Å². The quantitative estimate of drug-likeness (QED) is 0.553. The fraction of sp³-hybridized carbons (Fsp3) is 0.0833. The van der Waals surface area contributed by atoms with Gasteiger partial charge in [-0.15, -0.1) is 0 Å². The highest BCUT2D eigenvalue weighted by Gasteiger charge is 2.35. The highest BCUT2D eigenvalue weighted by Crippen LogP contribution is 2.37. The van der Waals surface area contributed by atoms with Gasteiger partial charge in [0.05, 0.1) is 20.3 Å². The van der Waals surface area contributed by atoms with Crippen molar-refractivity contribution in [2.75, 3.05) is 5.32 Å². The van der Waals surface area contributed by atoms with Crippen molar-refractivity contribution in [2.45, 2.75) is 6.18 Å². The van der Waals surface area contributed by atoms with E-state index in [0.29, 0.717) is 26.5 Å². The fourth-order valence-corrected chi connectivity index (χ4v) is 3.15. The van der Waals surface area contributed by atoms with E-state index in [4.69, 9.17) is 34.8 Å². The zero-order valence-electron chi connectivity index (χ0n) is 10.7. The Morgan fingerprint density at radius 2 is 1.74 bits per heavy atom. The number of nitrogens with one attached hydrogen (secondary N) is 1. The van der Waals surface area contributed by atoms with E-state index in [9.17, 15) is 13.2 Å². The average Bonchev–Trinajstić information content (AvgIpc) is 2.79. The molecule has 0 unspecified atom stereocenters. The summed E-state index contributed by atoms with van der Waals surface area (Å²) in [5.74, 6) is -0.478. The number of hydrogen-bond acceptors (Lipinski definition) is 5. The van der Waals surface area contributed by atoms with Crippen LogP contribution in [0.25, 0.3) is 10.2 Å². The van der Waals surface area contributed by atoms with E-state index in [1.807, 2.05) is 0 Å². The number of nitrogens with zero attached hydrogens (tertiary/aromatic N) is 3. The van der Waals surface area contributed by atoms with Crippen LogP contribution in [-0.2, 0) is 6.18 Å². The van der Waals surface area contributed by atoms with Crippen LogP contribution >= 0.6 is 46.1 Å². The van der Waals surface area contributed by atoms with Gasteiger partial charge >= 0.3 is 6.18 Å². The summed E-state index contributed by atoms with van der Waals surface area (Å²) < 4.78 is 39.6. The maximum Gasteiger partial charge on any atom is 0.421 e. The van der Waals surface area contributed by atoms with Crippen LogP contribution in [0.15, 0.2) is 18.3 Å². The van der Waals surface area contributed by atoms with Crippen molar-refractivity contribution in [3.05, 3.63) is 39.2 Å². The van der Waals surface area contributed by atoms with Crippen molar-refractivity contribution in [3.63, 3.8) is 0 Å². The number of hydrogen-bond donors (Lipinski definition) is 1. The van der Waals surface area contributed by atoms with Crippen molar-refractivity contribution in [3.8, 4) is 0 Å². The molecule has 0 saturated heterocycles. The summed E-state index contributed by atoms with van der Waals surface area (Å²) in [7, 11) is 0. The van der Waals surface area contributed by atoms with Gasteiger partial charge in [-0.25, -0.2) is 9.97 Å². The lowest BCUT2D eigenvalue weighted by Crippen LogP contribution is -2.11. The van der Waals surface area contributed by atoms with Crippen LogP contribution in [-0.4, -0.2) is 15.0 Å². The Hall–Kier alpha value is -1.35. The molecule has 0 amide bonds. The first kappa shape index (κ1) is 16.5. The molecule has 2 aromatic heterocycles. The third-order valence-electron chi connectivity index (χ3n) is 2.72. The Morgan fingerprint density at radius 3 is 2.43 bits per heavy atom. The average molecular weight is 400 g/mol. The lowest BCUT2D eigenvalue weighted by atomic mass is 10.3. The number of benzene rings is 1. The third kappa shape index (κ3) is 3.45. The number of anilines is 2. The van der Waals surface area contributed by atoms with Crippen LogP contribution in [0.1, 0.15) is 5.56 Å². The molecule has 120 valence electrons. The van der Waals surface area contributed by atoms with Gasteiger partial charge < -0.3 is 5.32 Å². The van der Waals surface area contributed by atoms with E-state index < -0.39 is 17.6 Å². The van der Waals surface area contributed by atoms with E-state index in [-0.39, 0.29) is 10.4 Å². The predicted octanol–water partition coefficient (Wildman–Crippen LogP) is 5.81. The van der Waals surface area contributed by atoms with Gasteiger partial charge in [0.25, 0.3) is 0 Å². The SMILES string of the molecule is FC(F)(F)c1cnc(Cl)nc1Nc1nc2cc(Cl)c(Cl)cc2s1. The summed E-state index contributed by atoms with van der Waals surface area (Å²) in [5.41, 5.74) is -0.544. The normalized spacial score (nSPS) is 11.9. The monoisotopic (exact) mass is 398 g/mol. The molecule has 0 bridgehead atoms. The molecule has 0 aliphatic heterocycles. The Labute approximate surface area is 146 Å². The predicted molar refractivity (Wildman–Crippen MR) is 85.0 cm³/mol. The molecule has 0 atom stereocenters. The van der Waals surface area contributed by atoms with Crippen LogP contribution in [0.5, 0.6) is 0 Å². The molecule has 1 aromatic carbocycles. The van der Waals surface area contributed by atoms with Crippen molar-refractivity contribution in [1.82, 2.24) is 15.0 Å². The number of rotatable bonds is 2. The molecule has 0 aliphatic rings. The molecule has 0 radical (unpaired) electrons. The Balaban J connectivity index is 2.04. The van der Waals surface area contributed by atoms with Gasteiger partial charge in [0.2, 0.25) is 5.28 Å². The first-order valence-corrected chi connectivity index (χ1v) is 7.81. The van der Waals surface area contributed by atoms with Crippen LogP contribution < -0.4 is 5.32 Å². The fourth-order valence-electron chi connectivity index (χ4n) is 1.74. The zero-order chi connectivity index (χ0) is 16.8. The third-order valence-corrected chi connectivity index (χ3v) is 4.56. The lowest BCUT2D eigenvalue weighted by Gasteiger charge is -2.11. The number of fused-ring (bicyclic) bond motifs is 1. The van der Waals surface area contributed by atoms with Gasteiger partial charge in [0, 0.05) is 6.20 Å². The Bertz CT molecular complexity index is 858. The molecular weight excluding hydrogens is 396 g/mol. The van der Waals surface area contributed by atoms with Gasteiger partial charge in [0.1, 0.15) is 11.4 Å². The number of alkyl halides is 3.